The van der Waals surface area contributed by atoms with Gasteiger partial charge in [0.2, 0.25) is 0 Å². The number of rotatable bonds is 6. The standard InChI is InChI=1S/C22H31NO4/c1-14(2)15(3)9-10-22(13-26-6)19-12-17-11-16(20(24)25)7-8-18(17)23(19)21(4,5)27-22/h7-8,11,19H,9-10,12-13H2,1-6H3,(H,24,25)/t19-,22-/m0/s1. The van der Waals surface area contributed by atoms with Crippen LogP contribution in [0.3, 0.4) is 0 Å². The summed E-state index contributed by atoms with van der Waals surface area (Å²) >= 11 is 0. The number of anilines is 1. The number of hydrogen-bond donors (Lipinski definition) is 1. The highest BCUT2D eigenvalue weighted by Gasteiger charge is 2.59. The second-order valence-corrected chi connectivity index (χ2v) is 8.57. The average molecular weight is 373 g/mol. The SMILES string of the molecule is COC[C@]1(CCC(C)=C(C)C)OC(C)(C)N2c3ccc(C(=O)O)cc3C[C@H]21. The van der Waals surface area contributed by atoms with E-state index in [4.69, 9.17) is 9.47 Å². The molecule has 0 unspecified atom stereocenters. The fraction of sp³-hybridized carbons (Fsp3) is 0.591. The van der Waals surface area contributed by atoms with Crippen molar-refractivity contribution < 1.29 is 19.4 Å². The number of nitrogens with zero attached hydrogens (tertiary/aromatic N) is 1. The molecule has 5 nitrogen and oxygen atoms in total. The van der Waals surface area contributed by atoms with Gasteiger partial charge in [0.25, 0.3) is 0 Å². The van der Waals surface area contributed by atoms with E-state index in [9.17, 15) is 9.90 Å². The van der Waals surface area contributed by atoms with Crippen LogP contribution >= 0.6 is 0 Å². The van der Waals surface area contributed by atoms with Crippen LogP contribution in [0.25, 0.3) is 0 Å². The number of carboxylic acid groups (broad SMARTS) is 1. The predicted octanol–water partition coefficient (Wildman–Crippen LogP) is 4.40. The maximum Gasteiger partial charge on any atom is 0.335 e. The molecule has 0 aliphatic carbocycles. The molecular weight excluding hydrogens is 342 g/mol. The lowest BCUT2D eigenvalue weighted by atomic mass is 9.86. The average Bonchev–Trinajstić information content (AvgIpc) is 3.07. The van der Waals surface area contributed by atoms with E-state index in [1.165, 1.54) is 11.1 Å². The first-order chi connectivity index (χ1) is 12.6. The van der Waals surface area contributed by atoms with E-state index < -0.39 is 17.3 Å². The van der Waals surface area contributed by atoms with E-state index in [0.717, 1.165) is 30.5 Å². The van der Waals surface area contributed by atoms with Gasteiger partial charge in [-0.2, -0.15) is 0 Å². The summed E-state index contributed by atoms with van der Waals surface area (Å²) in [7, 11) is 1.72. The number of methoxy groups -OCH3 is 1. The highest BCUT2D eigenvalue weighted by Crippen LogP contribution is 2.51. The zero-order valence-electron chi connectivity index (χ0n) is 17.3. The van der Waals surface area contributed by atoms with Crippen molar-refractivity contribution in [2.75, 3.05) is 18.6 Å². The van der Waals surface area contributed by atoms with E-state index >= 15 is 0 Å². The van der Waals surface area contributed by atoms with Crippen molar-refractivity contribution in [1.29, 1.82) is 0 Å². The Bertz CT molecular complexity index is 779. The first-order valence-electron chi connectivity index (χ1n) is 9.59. The Labute approximate surface area is 162 Å². The van der Waals surface area contributed by atoms with Gasteiger partial charge in [0.15, 0.2) is 0 Å². The molecule has 2 aliphatic rings. The Morgan fingerprint density at radius 1 is 1.33 bits per heavy atom. The van der Waals surface area contributed by atoms with Crippen LogP contribution in [-0.4, -0.2) is 42.2 Å². The van der Waals surface area contributed by atoms with Crippen LogP contribution in [-0.2, 0) is 15.9 Å². The molecule has 1 N–H and O–H groups in total. The number of hydrogen-bond acceptors (Lipinski definition) is 4. The van der Waals surface area contributed by atoms with Gasteiger partial charge in [0, 0.05) is 12.8 Å². The monoisotopic (exact) mass is 373 g/mol. The highest BCUT2D eigenvalue weighted by molar-refractivity contribution is 5.89. The summed E-state index contributed by atoms with van der Waals surface area (Å²) in [6, 6.07) is 5.55. The molecule has 1 aromatic carbocycles. The van der Waals surface area contributed by atoms with Gasteiger partial charge in [-0.25, -0.2) is 4.79 Å². The van der Waals surface area contributed by atoms with Crippen molar-refractivity contribution in [3.63, 3.8) is 0 Å². The van der Waals surface area contributed by atoms with E-state index in [1.54, 1.807) is 13.2 Å². The molecule has 0 radical (unpaired) electrons. The van der Waals surface area contributed by atoms with E-state index in [1.807, 2.05) is 12.1 Å². The van der Waals surface area contributed by atoms with Crippen molar-refractivity contribution in [3.8, 4) is 0 Å². The fourth-order valence-electron chi connectivity index (χ4n) is 4.59. The van der Waals surface area contributed by atoms with Crippen molar-refractivity contribution in [3.05, 3.63) is 40.5 Å². The summed E-state index contributed by atoms with van der Waals surface area (Å²) in [5.41, 5.74) is 4.33. The molecule has 148 valence electrons. The van der Waals surface area contributed by atoms with E-state index in [0.29, 0.717) is 12.2 Å². The molecule has 1 fully saturated rings. The Hall–Kier alpha value is -1.85. The summed E-state index contributed by atoms with van der Waals surface area (Å²) in [5.74, 6) is -0.886. The van der Waals surface area contributed by atoms with Crippen LogP contribution in [0, 0.1) is 0 Å². The lowest BCUT2D eigenvalue weighted by molar-refractivity contribution is -0.124. The van der Waals surface area contributed by atoms with E-state index in [2.05, 4.69) is 39.5 Å². The van der Waals surface area contributed by atoms with Gasteiger partial charge < -0.3 is 19.5 Å². The summed E-state index contributed by atoms with van der Waals surface area (Å²) in [6.07, 6.45) is 2.61. The molecule has 5 heteroatoms. The minimum Gasteiger partial charge on any atom is -0.478 e. The molecule has 27 heavy (non-hydrogen) atoms. The smallest absolute Gasteiger partial charge is 0.335 e. The second kappa shape index (κ2) is 6.95. The quantitative estimate of drug-likeness (QED) is 0.749. The Balaban J connectivity index is 1.99. The van der Waals surface area contributed by atoms with Crippen molar-refractivity contribution in [2.24, 2.45) is 0 Å². The van der Waals surface area contributed by atoms with Gasteiger partial charge in [-0.15, -0.1) is 0 Å². The molecule has 1 saturated heterocycles. The van der Waals surface area contributed by atoms with Gasteiger partial charge in [-0.1, -0.05) is 11.1 Å². The van der Waals surface area contributed by atoms with Crippen molar-refractivity contribution >= 4 is 11.7 Å². The van der Waals surface area contributed by atoms with Crippen LogP contribution < -0.4 is 4.90 Å². The summed E-state index contributed by atoms with van der Waals surface area (Å²) in [6.45, 7) is 11.2. The lowest BCUT2D eigenvalue weighted by Crippen LogP contribution is -2.48. The highest BCUT2D eigenvalue weighted by atomic mass is 16.6. The van der Waals surface area contributed by atoms with Gasteiger partial charge in [-0.3, -0.25) is 0 Å². The summed E-state index contributed by atoms with van der Waals surface area (Å²) in [4.78, 5) is 13.7. The summed E-state index contributed by atoms with van der Waals surface area (Å²) in [5, 5.41) is 9.34. The molecule has 0 aromatic heterocycles. The third-order valence-electron chi connectivity index (χ3n) is 6.12. The minimum atomic E-state index is -0.886. The first-order valence-corrected chi connectivity index (χ1v) is 9.59. The molecule has 0 amide bonds. The Kier molecular flexibility index (Phi) is 5.12. The number of carbonyl (C=O) groups is 1. The van der Waals surface area contributed by atoms with Crippen LogP contribution in [0.1, 0.15) is 63.4 Å². The predicted molar refractivity (Wildman–Crippen MR) is 106 cm³/mol. The first kappa shape index (κ1) is 19.9. The normalized spacial score (nSPS) is 25.3. The Morgan fingerprint density at radius 2 is 2.04 bits per heavy atom. The number of allylic oxidation sites excluding steroid dienone is 2. The molecule has 1 aromatic rings. The van der Waals surface area contributed by atoms with Crippen molar-refractivity contribution in [2.45, 2.75) is 71.2 Å². The number of benzene rings is 1. The van der Waals surface area contributed by atoms with Crippen LogP contribution in [0.5, 0.6) is 0 Å². The topological polar surface area (TPSA) is 59.0 Å². The number of fused-ring (bicyclic) bond motifs is 3. The third kappa shape index (κ3) is 3.39. The third-order valence-corrected chi connectivity index (χ3v) is 6.12. The second-order valence-electron chi connectivity index (χ2n) is 8.57. The zero-order valence-corrected chi connectivity index (χ0v) is 17.3. The molecule has 0 bridgehead atoms. The largest absolute Gasteiger partial charge is 0.478 e. The molecule has 3 rings (SSSR count). The van der Waals surface area contributed by atoms with Crippen molar-refractivity contribution in [1.82, 2.24) is 0 Å². The number of ether oxygens (including phenoxy) is 2. The number of carboxylic acids is 1. The van der Waals surface area contributed by atoms with Gasteiger partial charge in [0.1, 0.15) is 11.3 Å². The molecule has 0 saturated carbocycles. The van der Waals surface area contributed by atoms with Crippen LogP contribution in [0.4, 0.5) is 5.69 Å². The molecule has 0 spiro atoms. The molecule has 2 aliphatic heterocycles. The van der Waals surface area contributed by atoms with E-state index in [-0.39, 0.29) is 6.04 Å². The van der Waals surface area contributed by atoms with Gasteiger partial charge in [-0.05, 0) is 77.6 Å². The Morgan fingerprint density at radius 3 is 2.63 bits per heavy atom. The lowest BCUT2D eigenvalue weighted by Gasteiger charge is -2.33. The van der Waals surface area contributed by atoms with Crippen LogP contribution in [0.2, 0.25) is 0 Å². The molecular formula is C22H31NO4. The van der Waals surface area contributed by atoms with Gasteiger partial charge in [0.05, 0.1) is 18.2 Å². The van der Waals surface area contributed by atoms with Gasteiger partial charge >= 0.3 is 5.97 Å². The maximum atomic E-state index is 11.4. The zero-order chi connectivity index (χ0) is 20.0. The summed E-state index contributed by atoms with van der Waals surface area (Å²) < 4.78 is 12.3. The number of aromatic carboxylic acids is 1. The molecule has 2 atom stereocenters. The minimum absolute atomic E-state index is 0.136. The molecule has 2 heterocycles. The fourth-order valence-corrected chi connectivity index (χ4v) is 4.59. The van der Waals surface area contributed by atoms with Crippen LogP contribution in [0.15, 0.2) is 29.3 Å². The maximum absolute atomic E-state index is 11.4.